The molecule has 0 spiro atoms. The van der Waals surface area contributed by atoms with Gasteiger partial charge in [-0.25, -0.2) is 5.43 Å². The molecule has 1 amide bonds. The summed E-state index contributed by atoms with van der Waals surface area (Å²) in [7, 11) is 1.56. The molecule has 0 heterocycles. The molecule has 5 nitrogen and oxygen atoms in total. The van der Waals surface area contributed by atoms with Crippen LogP contribution in [0.4, 0.5) is 13.2 Å². The van der Waals surface area contributed by atoms with E-state index in [2.05, 4.69) is 10.5 Å². The van der Waals surface area contributed by atoms with Gasteiger partial charge < -0.3 is 9.47 Å². The molecule has 0 saturated carbocycles. The number of amides is 1. The predicted molar refractivity (Wildman–Crippen MR) is 95.6 cm³/mol. The van der Waals surface area contributed by atoms with Crippen LogP contribution in [0.3, 0.4) is 0 Å². The maximum Gasteiger partial charge on any atom is 0.416 e. The van der Waals surface area contributed by atoms with Crippen molar-refractivity contribution in [1.82, 2.24) is 5.43 Å². The van der Waals surface area contributed by atoms with Gasteiger partial charge in [-0.05, 0) is 36.4 Å². The first-order chi connectivity index (χ1) is 12.9. The average molecular weight is 378 g/mol. The number of methoxy groups -OCH3 is 1. The van der Waals surface area contributed by atoms with Gasteiger partial charge in [-0.3, -0.25) is 4.79 Å². The number of hydrazone groups is 1. The molecule has 8 heteroatoms. The van der Waals surface area contributed by atoms with Gasteiger partial charge in [0.05, 0.1) is 12.7 Å². The maximum absolute atomic E-state index is 12.6. The number of hydrogen-bond acceptors (Lipinski definition) is 4. The molecule has 2 rings (SSSR count). The summed E-state index contributed by atoms with van der Waals surface area (Å²) >= 11 is 0. The summed E-state index contributed by atoms with van der Waals surface area (Å²) in [6.07, 6.45) is 0.230. The lowest BCUT2D eigenvalue weighted by molar-refractivity contribution is -0.137. The molecule has 2 aromatic rings. The summed E-state index contributed by atoms with van der Waals surface area (Å²) in [5, 5.41) is 3.70. The molecule has 0 aliphatic heterocycles. The Kier molecular flexibility index (Phi) is 6.99. The Hall–Kier alpha value is -3.29. The van der Waals surface area contributed by atoms with Crippen molar-refractivity contribution in [3.8, 4) is 11.5 Å². The number of hydrogen-bond donors (Lipinski definition) is 1. The number of carbonyl (C=O) groups is 1. The number of benzene rings is 2. The number of halogens is 3. The van der Waals surface area contributed by atoms with Crippen molar-refractivity contribution < 1.29 is 27.4 Å². The fourth-order valence-corrected chi connectivity index (χ4v) is 2.05. The van der Waals surface area contributed by atoms with E-state index in [-0.39, 0.29) is 5.75 Å². The number of nitrogens with one attached hydrogen (secondary N) is 1. The Bertz CT molecular complexity index is 833. The van der Waals surface area contributed by atoms with Gasteiger partial charge in [-0.1, -0.05) is 24.3 Å². The molecule has 2 aromatic carbocycles. The van der Waals surface area contributed by atoms with Crippen molar-refractivity contribution in [2.24, 2.45) is 5.10 Å². The van der Waals surface area contributed by atoms with Gasteiger partial charge in [0, 0.05) is 11.8 Å². The van der Waals surface area contributed by atoms with Crippen LogP contribution in [-0.4, -0.2) is 25.8 Å². The average Bonchev–Trinajstić information content (AvgIpc) is 2.66. The first-order valence-corrected chi connectivity index (χ1v) is 7.82. The largest absolute Gasteiger partial charge is 0.496 e. The standard InChI is InChI=1S/C19H17F3N2O3/c1-26-17-10-3-2-6-14(17)7-5-11-23-24-18(25)13-27-16-9-4-8-15(12-16)19(20,21)22/h2-12H,13H2,1H3,(H,24,25)/b7-5+,23-11+. The topological polar surface area (TPSA) is 59.9 Å². The van der Waals surface area contributed by atoms with E-state index in [9.17, 15) is 18.0 Å². The Balaban J connectivity index is 1.81. The van der Waals surface area contributed by atoms with E-state index in [4.69, 9.17) is 9.47 Å². The highest BCUT2D eigenvalue weighted by molar-refractivity contribution is 5.82. The van der Waals surface area contributed by atoms with Crippen molar-refractivity contribution in [2.45, 2.75) is 6.18 Å². The quantitative estimate of drug-likeness (QED) is 0.587. The Morgan fingerprint density at radius 2 is 1.96 bits per heavy atom. The predicted octanol–water partition coefficient (Wildman–Crippen LogP) is 3.91. The molecular weight excluding hydrogens is 361 g/mol. The highest BCUT2D eigenvalue weighted by Crippen LogP contribution is 2.31. The van der Waals surface area contributed by atoms with Gasteiger partial charge in [0.2, 0.25) is 0 Å². The van der Waals surface area contributed by atoms with Crippen molar-refractivity contribution in [3.05, 3.63) is 65.7 Å². The zero-order chi connectivity index (χ0) is 19.7. The minimum Gasteiger partial charge on any atom is -0.496 e. The van der Waals surface area contributed by atoms with E-state index in [1.54, 1.807) is 19.3 Å². The molecule has 27 heavy (non-hydrogen) atoms. The number of allylic oxidation sites excluding steroid dienone is 1. The number of rotatable bonds is 7. The fraction of sp³-hybridized carbons (Fsp3) is 0.158. The third-order valence-corrected chi connectivity index (χ3v) is 3.30. The van der Waals surface area contributed by atoms with Crippen LogP contribution in [0, 0.1) is 0 Å². The van der Waals surface area contributed by atoms with Gasteiger partial charge >= 0.3 is 6.18 Å². The van der Waals surface area contributed by atoms with Gasteiger partial charge in [0.1, 0.15) is 11.5 Å². The third kappa shape index (κ3) is 6.50. The lowest BCUT2D eigenvalue weighted by atomic mass is 10.2. The van der Waals surface area contributed by atoms with Crippen molar-refractivity contribution in [3.63, 3.8) is 0 Å². The first-order valence-electron chi connectivity index (χ1n) is 7.82. The van der Waals surface area contributed by atoms with Crippen molar-refractivity contribution in [1.29, 1.82) is 0 Å². The smallest absolute Gasteiger partial charge is 0.416 e. The summed E-state index contributed by atoms with van der Waals surface area (Å²) in [6.45, 7) is -0.463. The molecule has 142 valence electrons. The first kappa shape index (κ1) is 20.0. The van der Waals surface area contributed by atoms with Crippen LogP contribution in [-0.2, 0) is 11.0 Å². The summed E-state index contributed by atoms with van der Waals surface area (Å²) in [4.78, 5) is 11.6. The molecule has 0 atom stereocenters. The Morgan fingerprint density at radius 3 is 2.70 bits per heavy atom. The van der Waals surface area contributed by atoms with Crippen molar-refractivity contribution in [2.75, 3.05) is 13.7 Å². The molecule has 0 bridgehead atoms. The van der Waals surface area contributed by atoms with E-state index in [0.717, 1.165) is 17.7 Å². The van der Waals surface area contributed by atoms with Gasteiger partial charge in [-0.15, -0.1) is 0 Å². The number of carbonyl (C=O) groups excluding carboxylic acids is 1. The lowest BCUT2D eigenvalue weighted by Crippen LogP contribution is -2.24. The second-order valence-electron chi connectivity index (χ2n) is 5.23. The van der Waals surface area contributed by atoms with Gasteiger partial charge in [0.25, 0.3) is 5.91 Å². The highest BCUT2D eigenvalue weighted by Gasteiger charge is 2.30. The number of para-hydroxylation sites is 1. The summed E-state index contributed by atoms with van der Waals surface area (Å²) in [5.74, 6) is 0.0371. The Morgan fingerprint density at radius 1 is 1.19 bits per heavy atom. The summed E-state index contributed by atoms with van der Waals surface area (Å²) in [5.41, 5.74) is 2.20. The molecule has 0 fully saturated rings. The zero-order valence-corrected chi connectivity index (χ0v) is 14.4. The molecule has 0 aliphatic rings. The molecule has 0 aromatic heterocycles. The van der Waals surface area contributed by atoms with Crippen LogP contribution in [0.1, 0.15) is 11.1 Å². The van der Waals surface area contributed by atoms with E-state index in [0.29, 0.717) is 5.75 Å². The van der Waals surface area contributed by atoms with Crippen LogP contribution in [0.15, 0.2) is 59.7 Å². The molecule has 0 unspecified atom stereocenters. The maximum atomic E-state index is 12.6. The molecule has 0 radical (unpaired) electrons. The SMILES string of the molecule is COc1ccccc1/C=C/C=N/NC(=O)COc1cccc(C(F)(F)F)c1. The zero-order valence-electron chi connectivity index (χ0n) is 14.4. The van der Waals surface area contributed by atoms with Gasteiger partial charge in [-0.2, -0.15) is 18.3 Å². The number of alkyl halides is 3. The van der Waals surface area contributed by atoms with Crippen LogP contribution >= 0.6 is 0 Å². The van der Waals surface area contributed by atoms with E-state index < -0.39 is 24.3 Å². The minimum atomic E-state index is -4.47. The Labute approximate surface area is 154 Å². The minimum absolute atomic E-state index is 0.0555. The van der Waals surface area contributed by atoms with Crippen LogP contribution in [0.2, 0.25) is 0 Å². The van der Waals surface area contributed by atoms with Crippen LogP contribution in [0.25, 0.3) is 6.08 Å². The van der Waals surface area contributed by atoms with Crippen LogP contribution in [0.5, 0.6) is 11.5 Å². The molecule has 0 saturated heterocycles. The monoisotopic (exact) mass is 378 g/mol. The number of ether oxygens (including phenoxy) is 2. The summed E-state index contributed by atoms with van der Waals surface area (Å²) < 4.78 is 48.1. The third-order valence-electron chi connectivity index (χ3n) is 3.30. The fourth-order valence-electron chi connectivity index (χ4n) is 2.05. The second-order valence-corrected chi connectivity index (χ2v) is 5.23. The molecule has 0 aliphatic carbocycles. The normalized spacial score (nSPS) is 11.7. The van der Waals surface area contributed by atoms with Gasteiger partial charge in [0.15, 0.2) is 6.61 Å². The molecular formula is C19H17F3N2O3. The van der Waals surface area contributed by atoms with E-state index >= 15 is 0 Å². The van der Waals surface area contributed by atoms with E-state index in [1.165, 1.54) is 18.3 Å². The van der Waals surface area contributed by atoms with Crippen molar-refractivity contribution >= 4 is 18.2 Å². The lowest BCUT2D eigenvalue weighted by Gasteiger charge is -2.09. The highest BCUT2D eigenvalue weighted by atomic mass is 19.4. The summed E-state index contributed by atoms with van der Waals surface area (Å²) in [6, 6.07) is 11.6. The van der Waals surface area contributed by atoms with Crippen LogP contribution < -0.4 is 14.9 Å². The number of nitrogens with zero attached hydrogens (tertiary/aromatic N) is 1. The molecule has 1 N–H and O–H groups in total. The second kappa shape index (κ2) is 9.42. The van der Waals surface area contributed by atoms with E-state index in [1.807, 2.05) is 24.3 Å².